The van der Waals surface area contributed by atoms with E-state index < -0.39 is 0 Å². The van der Waals surface area contributed by atoms with Gasteiger partial charge >= 0.3 is 0 Å². The SMILES string of the molecule is CC.CC.CC.CCCc1cccc(OCCNC)c1. The Morgan fingerprint density at radius 1 is 1.00 bits per heavy atom. The van der Waals surface area contributed by atoms with Crippen LogP contribution in [0.4, 0.5) is 0 Å². The molecule has 0 radical (unpaired) electrons. The van der Waals surface area contributed by atoms with Gasteiger partial charge in [0.2, 0.25) is 0 Å². The molecule has 0 heterocycles. The first kappa shape index (κ1) is 24.0. The highest BCUT2D eigenvalue weighted by atomic mass is 16.5. The fourth-order valence-electron chi connectivity index (χ4n) is 1.35. The highest BCUT2D eigenvalue weighted by molar-refractivity contribution is 5.28. The fourth-order valence-corrected chi connectivity index (χ4v) is 1.35. The van der Waals surface area contributed by atoms with Crippen molar-refractivity contribution in [3.05, 3.63) is 29.8 Å². The van der Waals surface area contributed by atoms with E-state index in [1.807, 2.05) is 54.7 Å². The molecule has 2 nitrogen and oxygen atoms in total. The number of ether oxygens (including phenoxy) is 1. The summed E-state index contributed by atoms with van der Waals surface area (Å²) in [5.74, 6) is 0.978. The van der Waals surface area contributed by atoms with Crippen molar-refractivity contribution < 1.29 is 4.74 Å². The monoisotopic (exact) mass is 283 g/mol. The van der Waals surface area contributed by atoms with Gasteiger partial charge in [0.1, 0.15) is 12.4 Å². The van der Waals surface area contributed by atoms with Gasteiger partial charge in [0, 0.05) is 6.54 Å². The molecular weight excluding hydrogens is 246 g/mol. The van der Waals surface area contributed by atoms with Crippen molar-refractivity contribution in [2.45, 2.75) is 61.3 Å². The van der Waals surface area contributed by atoms with Crippen molar-refractivity contribution in [3.63, 3.8) is 0 Å². The molecule has 0 saturated heterocycles. The highest BCUT2D eigenvalue weighted by Crippen LogP contribution is 2.14. The van der Waals surface area contributed by atoms with E-state index in [1.54, 1.807) is 0 Å². The minimum Gasteiger partial charge on any atom is -0.492 e. The average Bonchev–Trinajstić information content (AvgIpc) is 2.54. The summed E-state index contributed by atoms with van der Waals surface area (Å²) in [6.07, 6.45) is 2.31. The normalized spacial score (nSPS) is 8.00. The van der Waals surface area contributed by atoms with Crippen molar-refractivity contribution in [2.24, 2.45) is 0 Å². The van der Waals surface area contributed by atoms with E-state index in [2.05, 4.69) is 30.4 Å². The lowest BCUT2D eigenvalue weighted by Crippen LogP contribution is -2.15. The molecule has 0 aliphatic heterocycles. The van der Waals surface area contributed by atoms with Crippen LogP contribution in [0.5, 0.6) is 5.75 Å². The predicted molar refractivity (Wildman–Crippen MR) is 93.9 cm³/mol. The molecule has 0 unspecified atom stereocenters. The first-order valence-corrected chi connectivity index (χ1v) is 8.23. The predicted octanol–water partition coefficient (Wildman–Crippen LogP) is 5.32. The number of rotatable bonds is 6. The summed E-state index contributed by atoms with van der Waals surface area (Å²) < 4.78 is 5.57. The Labute approximate surface area is 127 Å². The Morgan fingerprint density at radius 3 is 2.10 bits per heavy atom. The van der Waals surface area contributed by atoms with Gasteiger partial charge < -0.3 is 10.1 Å². The van der Waals surface area contributed by atoms with Crippen LogP contribution in [-0.2, 0) is 6.42 Å². The van der Waals surface area contributed by atoms with Crippen molar-refractivity contribution in [1.82, 2.24) is 5.32 Å². The van der Waals surface area contributed by atoms with Gasteiger partial charge in [-0.3, -0.25) is 0 Å². The third-order valence-corrected chi connectivity index (χ3v) is 2.06. The Bertz CT molecular complexity index is 261. The summed E-state index contributed by atoms with van der Waals surface area (Å²) in [5.41, 5.74) is 1.36. The summed E-state index contributed by atoms with van der Waals surface area (Å²) >= 11 is 0. The molecule has 1 rings (SSSR count). The maximum Gasteiger partial charge on any atom is 0.119 e. The third-order valence-electron chi connectivity index (χ3n) is 2.06. The van der Waals surface area contributed by atoms with E-state index in [1.165, 1.54) is 12.0 Å². The first-order valence-electron chi connectivity index (χ1n) is 8.23. The third kappa shape index (κ3) is 15.0. The number of hydrogen-bond acceptors (Lipinski definition) is 2. The van der Waals surface area contributed by atoms with E-state index in [4.69, 9.17) is 4.74 Å². The van der Waals surface area contributed by atoms with Gasteiger partial charge in [-0.05, 0) is 31.2 Å². The van der Waals surface area contributed by atoms with E-state index in [0.29, 0.717) is 0 Å². The van der Waals surface area contributed by atoms with Crippen LogP contribution in [0.1, 0.15) is 60.5 Å². The zero-order valence-electron chi connectivity index (χ0n) is 15.0. The lowest BCUT2D eigenvalue weighted by atomic mass is 10.1. The van der Waals surface area contributed by atoms with Crippen LogP contribution in [-0.4, -0.2) is 20.2 Å². The van der Waals surface area contributed by atoms with E-state index in [-0.39, 0.29) is 0 Å². The fraction of sp³-hybridized carbons (Fsp3) is 0.667. The number of nitrogens with one attached hydrogen (secondary N) is 1. The lowest BCUT2D eigenvalue weighted by Gasteiger charge is -2.07. The molecule has 120 valence electrons. The van der Waals surface area contributed by atoms with Crippen LogP contribution in [0.25, 0.3) is 0 Å². The summed E-state index contributed by atoms with van der Waals surface area (Å²) in [6, 6.07) is 8.34. The first-order chi connectivity index (χ1) is 9.86. The second-order valence-corrected chi connectivity index (χ2v) is 3.35. The second kappa shape index (κ2) is 23.1. The van der Waals surface area contributed by atoms with E-state index in [0.717, 1.165) is 25.3 Å². The molecule has 2 heteroatoms. The molecule has 1 aromatic carbocycles. The van der Waals surface area contributed by atoms with Gasteiger partial charge in [-0.25, -0.2) is 0 Å². The molecule has 0 saturated carbocycles. The van der Waals surface area contributed by atoms with Gasteiger partial charge in [0.15, 0.2) is 0 Å². The van der Waals surface area contributed by atoms with Crippen LogP contribution < -0.4 is 10.1 Å². The number of benzene rings is 1. The smallest absolute Gasteiger partial charge is 0.119 e. The Morgan fingerprint density at radius 2 is 1.60 bits per heavy atom. The zero-order valence-corrected chi connectivity index (χ0v) is 15.0. The summed E-state index contributed by atoms with van der Waals surface area (Å²) in [4.78, 5) is 0. The van der Waals surface area contributed by atoms with Crippen LogP contribution in [0, 0.1) is 0 Å². The molecule has 0 atom stereocenters. The molecule has 0 spiro atoms. The quantitative estimate of drug-likeness (QED) is 0.714. The second-order valence-electron chi connectivity index (χ2n) is 3.35. The molecule has 1 N–H and O–H groups in total. The van der Waals surface area contributed by atoms with Crippen LogP contribution in [0.2, 0.25) is 0 Å². The minimum absolute atomic E-state index is 0.728. The topological polar surface area (TPSA) is 21.3 Å². The Kier molecular flexibility index (Phi) is 27.8. The van der Waals surface area contributed by atoms with Gasteiger partial charge in [0.05, 0.1) is 0 Å². The van der Waals surface area contributed by atoms with Crippen molar-refractivity contribution in [3.8, 4) is 5.75 Å². The number of likely N-dealkylation sites (N-methyl/N-ethyl adjacent to an activating group) is 1. The molecule has 1 aromatic rings. The number of aryl methyl sites for hydroxylation is 1. The van der Waals surface area contributed by atoms with Gasteiger partial charge in [-0.15, -0.1) is 0 Å². The van der Waals surface area contributed by atoms with Gasteiger partial charge in [0.25, 0.3) is 0 Å². The van der Waals surface area contributed by atoms with E-state index in [9.17, 15) is 0 Å². The lowest BCUT2D eigenvalue weighted by molar-refractivity contribution is 0.318. The van der Waals surface area contributed by atoms with Crippen LogP contribution in [0.3, 0.4) is 0 Å². The van der Waals surface area contributed by atoms with Crippen LogP contribution in [0.15, 0.2) is 24.3 Å². The maximum absolute atomic E-state index is 5.57. The minimum atomic E-state index is 0.728. The molecule has 0 aliphatic carbocycles. The zero-order chi connectivity index (χ0) is 16.2. The maximum atomic E-state index is 5.57. The Balaban J connectivity index is -0.000000425. The molecule has 0 bridgehead atoms. The van der Waals surface area contributed by atoms with Crippen LogP contribution >= 0.6 is 0 Å². The average molecular weight is 284 g/mol. The summed E-state index contributed by atoms with van der Waals surface area (Å²) in [6.45, 7) is 15.8. The van der Waals surface area contributed by atoms with Crippen molar-refractivity contribution >= 4 is 0 Å². The Hall–Kier alpha value is -1.02. The van der Waals surface area contributed by atoms with E-state index >= 15 is 0 Å². The number of hydrogen-bond donors (Lipinski definition) is 1. The molecule has 0 amide bonds. The van der Waals surface area contributed by atoms with Gasteiger partial charge in [-0.2, -0.15) is 0 Å². The summed E-state index contributed by atoms with van der Waals surface area (Å²) in [7, 11) is 1.93. The molecular formula is C18H37NO. The molecule has 0 fully saturated rings. The molecule has 0 aliphatic rings. The van der Waals surface area contributed by atoms with Crippen molar-refractivity contribution in [2.75, 3.05) is 20.2 Å². The molecule has 0 aromatic heterocycles. The van der Waals surface area contributed by atoms with Crippen molar-refractivity contribution in [1.29, 1.82) is 0 Å². The van der Waals surface area contributed by atoms with Gasteiger partial charge in [-0.1, -0.05) is 67.0 Å². The highest BCUT2D eigenvalue weighted by Gasteiger charge is 1.95. The standard InChI is InChI=1S/C12H19NO.3C2H6/c1-3-5-11-6-4-7-12(10-11)14-9-8-13-2;3*1-2/h4,6-7,10,13H,3,5,8-9H2,1-2H3;3*1-2H3. The largest absolute Gasteiger partial charge is 0.492 e. The summed E-state index contributed by atoms with van der Waals surface area (Å²) in [5, 5.41) is 3.05. The molecule has 20 heavy (non-hydrogen) atoms.